The summed E-state index contributed by atoms with van der Waals surface area (Å²) in [6, 6.07) is 7.18. The van der Waals surface area contributed by atoms with E-state index < -0.39 is 11.7 Å². The highest BCUT2D eigenvalue weighted by Crippen LogP contribution is 2.32. The van der Waals surface area contributed by atoms with Crippen LogP contribution in [0.1, 0.15) is 10.4 Å². The standard InChI is InChI=1S/C12H9F3S/c1-8-11(6-7-16-8)9-2-4-10(5-3-9)12(13,14)15/h2-7H,1H3. The molecule has 84 valence electrons. The summed E-state index contributed by atoms with van der Waals surface area (Å²) >= 11 is 1.59. The fourth-order valence-electron chi connectivity index (χ4n) is 1.52. The smallest absolute Gasteiger partial charge is 0.166 e. The number of hydrogen-bond acceptors (Lipinski definition) is 1. The normalized spacial score (nSPS) is 11.8. The fourth-order valence-corrected chi connectivity index (χ4v) is 2.24. The molecular weight excluding hydrogens is 233 g/mol. The average molecular weight is 242 g/mol. The zero-order valence-corrected chi connectivity index (χ0v) is 9.32. The summed E-state index contributed by atoms with van der Waals surface area (Å²) in [5, 5.41) is 1.93. The number of aryl methyl sites for hydroxylation is 1. The number of hydrogen-bond donors (Lipinski definition) is 0. The van der Waals surface area contributed by atoms with Gasteiger partial charge in [-0.3, -0.25) is 0 Å². The van der Waals surface area contributed by atoms with E-state index >= 15 is 0 Å². The van der Waals surface area contributed by atoms with E-state index in [0.717, 1.165) is 28.1 Å². The predicted molar refractivity (Wildman–Crippen MR) is 59.5 cm³/mol. The van der Waals surface area contributed by atoms with Gasteiger partial charge < -0.3 is 0 Å². The molecule has 0 nitrogen and oxygen atoms in total. The first kappa shape index (κ1) is 11.2. The van der Waals surface area contributed by atoms with Gasteiger partial charge in [0.1, 0.15) is 0 Å². The van der Waals surface area contributed by atoms with Crippen LogP contribution in [-0.2, 0) is 6.18 Å². The van der Waals surface area contributed by atoms with E-state index in [2.05, 4.69) is 0 Å². The molecule has 0 aliphatic carbocycles. The predicted octanol–water partition coefficient (Wildman–Crippen LogP) is 4.74. The highest BCUT2D eigenvalue weighted by Gasteiger charge is 2.29. The van der Waals surface area contributed by atoms with Crippen LogP contribution in [-0.4, -0.2) is 0 Å². The van der Waals surface area contributed by atoms with Crippen molar-refractivity contribution in [2.45, 2.75) is 13.1 Å². The van der Waals surface area contributed by atoms with E-state index in [9.17, 15) is 13.2 Å². The van der Waals surface area contributed by atoms with E-state index in [-0.39, 0.29) is 0 Å². The zero-order valence-electron chi connectivity index (χ0n) is 8.51. The molecule has 0 saturated carbocycles. The van der Waals surface area contributed by atoms with Gasteiger partial charge in [-0.05, 0) is 41.6 Å². The van der Waals surface area contributed by atoms with Crippen molar-refractivity contribution in [3.63, 3.8) is 0 Å². The second-order valence-corrected chi connectivity index (χ2v) is 4.59. The number of thiophene rings is 1. The van der Waals surface area contributed by atoms with Crippen LogP contribution in [0.3, 0.4) is 0 Å². The van der Waals surface area contributed by atoms with Gasteiger partial charge in [-0.2, -0.15) is 13.2 Å². The van der Waals surface area contributed by atoms with Gasteiger partial charge in [-0.1, -0.05) is 12.1 Å². The first-order valence-corrected chi connectivity index (χ1v) is 5.58. The molecule has 0 amide bonds. The quantitative estimate of drug-likeness (QED) is 0.677. The fraction of sp³-hybridized carbons (Fsp3) is 0.167. The minimum atomic E-state index is -4.26. The minimum absolute atomic E-state index is 0.607. The molecule has 0 aliphatic heterocycles. The molecule has 0 atom stereocenters. The second kappa shape index (κ2) is 3.94. The van der Waals surface area contributed by atoms with E-state index in [0.29, 0.717) is 0 Å². The average Bonchev–Trinajstić information content (AvgIpc) is 2.63. The van der Waals surface area contributed by atoms with E-state index in [4.69, 9.17) is 0 Å². The Balaban J connectivity index is 2.37. The van der Waals surface area contributed by atoms with Crippen molar-refractivity contribution in [2.75, 3.05) is 0 Å². The Bertz CT molecular complexity index is 480. The molecule has 1 aromatic carbocycles. The first-order chi connectivity index (χ1) is 7.48. The molecule has 0 unspecified atom stereocenters. The molecule has 0 bridgehead atoms. The second-order valence-electron chi connectivity index (χ2n) is 3.47. The van der Waals surface area contributed by atoms with Crippen LogP contribution in [0.2, 0.25) is 0 Å². The molecule has 0 N–H and O–H groups in total. The van der Waals surface area contributed by atoms with Gasteiger partial charge in [0.2, 0.25) is 0 Å². The van der Waals surface area contributed by atoms with Gasteiger partial charge in [-0.15, -0.1) is 11.3 Å². The van der Waals surface area contributed by atoms with Crippen molar-refractivity contribution in [3.05, 3.63) is 46.2 Å². The van der Waals surface area contributed by atoms with Crippen molar-refractivity contribution in [2.24, 2.45) is 0 Å². The summed E-state index contributed by atoms with van der Waals surface area (Å²) in [6.07, 6.45) is -4.26. The lowest BCUT2D eigenvalue weighted by Gasteiger charge is -2.07. The molecule has 2 aromatic rings. The van der Waals surface area contributed by atoms with Crippen molar-refractivity contribution < 1.29 is 13.2 Å². The Hall–Kier alpha value is -1.29. The molecule has 1 aromatic heterocycles. The Kier molecular flexibility index (Phi) is 2.76. The van der Waals surface area contributed by atoms with Crippen LogP contribution >= 0.6 is 11.3 Å². The lowest BCUT2D eigenvalue weighted by atomic mass is 10.0. The van der Waals surface area contributed by atoms with Gasteiger partial charge in [-0.25, -0.2) is 0 Å². The third kappa shape index (κ3) is 2.11. The van der Waals surface area contributed by atoms with Crippen molar-refractivity contribution >= 4 is 11.3 Å². The van der Waals surface area contributed by atoms with Crippen LogP contribution in [0.4, 0.5) is 13.2 Å². The molecule has 0 saturated heterocycles. The Morgan fingerprint density at radius 3 is 2.06 bits per heavy atom. The summed E-state index contributed by atoms with van der Waals surface area (Å²) in [4.78, 5) is 1.11. The maximum Gasteiger partial charge on any atom is 0.416 e. The maximum absolute atomic E-state index is 12.3. The molecule has 0 spiro atoms. The van der Waals surface area contributed by atoms with Crippen molar-refractivity contribution in [3.8, 4) is 11.1 Å². The van der Waals surface area contributed by atoms with Crippen LogP contribution < -0.4 is 0 Å². The highest BCUT2D eigenvalue weighted by molar-refractivity contribution is 7.10. The number of rotatable bonds is 1. The topological polar surface area (TPSA) is 0 Å². The molecule has 0 radical (unpaired) electrons. The molecule has 0 aliphatic rings. The minimum Gasteiger partial charge on any atom is -0.166 e. The van der Waals surface area contributed by atoms with Crippen LogP contribution in [0, 0.1) is 6.92 Å². The third-order valence-corrected chi connectivity index (χ3v) is 3.23. The molecule has 0 fully saturated rings. The van der Waals surface area contributed by atoms with Gasteiger partial charge in [0.15, 0.2) is 0 Å². The molecule has 4 heteroatoms. The Morgan fingerprint density at radius 1 is 1.00 bits per heavy atom. The summed E-state index contributed by atoms with van der Waals surface area (Å²) < 4.78 is 37.0. The monoisotopic (exact) mass is 242 g/mol. The van der Waals surface area contributed by atoms with Gasteiger partial charge in [0.25, 0.3) is 0 Å². The van der Waals surface area contributed by atoms with Gasteiger partial charge in [0, 0.05) is 4.88 Å². The van der Waals surface area contributed by atoms with E-state index in [1.807, 2.05) is 18.4 Å². The maximum atomic E-state index is 12.3. The van der Waals surface area contributed by atoms with Crippen LogP contribution in [0.15, 0.2) is 35.7 Å². The molecule has 2 rings (SSSR count). The number of benzene rings is 1. The first-order valence-electron chi connectivity index (χ1n) is 4.70. The lowest BCUT2D eigenvalue weighted by Crippen LogP contribution is -2.03. The largest absolute Gasteiger partial charge is 0.416 e. The number of alkyl halides is 3. The van der Waals surface area contributed by atoms with Crippen molar-refractivity contribution in [1.29, 1.82) is 0 Å². The molecular formula is C12H9F3S. The third-order valence-electron chi connectivity index (χ3n) is 2.38. The van der Waals surface area contributed by atoms with Crippen LogP contribution in [0.5, 0.6) is 0 Å². The summed E-state index contributed by atoms with van der Waals surface area (Å²) in [7, 11) is 0. The SMILES string of the molecule is Cc1sccc1-c1ccc(C(F)(F)F)cc1. The summed E-state index contributed by atoms with van der Waals surface area (Å²) in [5.41, 5.74) is 1.22. The summed E-state index contributed by atoms with van der Waals surface area (Å²) in [6.45, 7) is 1.96. The van der Waals surface area contributed by atoms with E-state index in [1.54, 1.807) is 11.3 Å². The summed E-state index contributed by atoms with van der Waals surface area (Å²) in [5.74, 6) is 0. The van der Waals surface area contributed by atoms with Gasteiger partial charge in [0.05, 0.1) is 5.56 Å². The Morgan fingerprint density at radius 2 is 1.62 bits per heavy atom. The van der Waals surface area contributed by atoms with Crippen molar-refractivity contribution in [1.82, 2.24) is 0 Å². The molecule has 1 heterocycles. The highest BCUT2D eigenvalue weighted by atomic mass is 32.1. The van der Waals surface area contributed by atoms with Gasteiger partial charge >= 0.3 is 6.18 Å². The number of halogens is 3. The molecule has 16 heavy (non-hydrogen) atoms. The van der Waals surface area contributed by atoms with Crippen LogP contribution in [0.25, 0.3) is 11.1 Å². The lowest BCUT2D eigenvalue weighted by molar-refractivity contribution is -0.137. The Labute approximate surface area is 95.4 Å². The van der Waals surface area contributed by atoms with E-state index in [1.165, 1.54) is 12.1 Å². The zero-order chi connectivity index (χ0) is 11.8.